The first-order chi connectivity index (χ1) is 9.93. The number of hydrogen-bond acceptors (Lipinski definition) is 3. The van der Waals surface area contributed by atoms with Gasteiger partial charge < -0.3 is 9.84 Å². The number of carboxylic acid groups (broad SMARTS) is 1. The number of carbonyl (C=O) groups excluding carboxylic acids is 1. The number of hydrogen-bond donors (Lipinski definition) is 1. The van der Waals surface area contributed by atoms with Crippen molar-refractivity contribution in [2.75, 3.05) is 7.11 Å². The van der Waals surface area contributed by atoms with Gasteiger partial charge in [0.1, 0.15) is 5.82 Å². The second kappa shape index (κ2) is 5.93. The molecule has 0 amide bonds. The maximum atomic E-state index is 13.2. The zero-order valence-corrected chi connectivity index (χ0v) is 11.6. The summed E-state index contributed by atoms with van der Waals surface area (Å²) in [6.07, 6.45) is 0. The molecule has 2 aromatic carbocycles. The van der Waals surface area contributed by atoms with E-state index >= 15 is 0 Å². The number of esters is 1. The summed E-state index contributed by atoms with van der Waals surface area (Å²) in [6.45, 7) is 0. The van der Waals surface area contributed by atoms with Gasteiger partial charge >= 0.3 is 11.9 Å². The van der Waals surface area contributed by atoms with Gasteiger partial charge in [0.15, 0.2) is 0 Å². The zero-order valence-electron chi connectivity index (χ0n) is 10.9. The molecule has 0 unspecified atom stereocenters. The molecule has 108 valence electrons. The van der Waals surface area contributed by atoms with Crippen LogP contribution >= 0.6 is 11.6 Å². The van der Waals surface area contributed by atoms with Crippen molar-refractivity contribution in [3.8, 4) is 11.1 Å². The molecule has 0 aliphatic rings. The molecule has 0 bridgehead atoms. The molecule has 0 atom stereocenters. The number of benzene rings is 2. The van der Waals surface area contributed by atoms with Crippen LogP contribution in [0.3, 0.4) is 0 Å². The third-order valence-electron chi connectivity index (χ3n) is 2.89. The molecule has 21 heavy (non-hydrogen) atoms. The Labute approximate surface area is 124 Å². The highest BCUT2D eigenvalue weighted by Gasteiger charge is 2.16. The molecule has 0 aromatic heterocycles. The maximum Gasteiger partial charge on any atom is 0.339 e. The van der Waals surface area contributed by atoms with Gasteiger partial charge in [0.05, 0.1) is 23.3 Å². The lowest BCUT2D eigenvalue weighted by atomic mass is 9.98. The molecule has 1 N–H and O–H groups in total. The highest BCUT2D eigenvalue weighted by molar-refractivity contribution is 6.33. The number of carbonyl (C=O) groups is 2. The SMILES string of the molecule is COC(=O)c1cc(-c2ccc(F)cc2C(=O)O)ccc1Cl. The molecule has 6 heteroatoms. The Morgan fingerprint density at radius 3 is 2.48 bits per heavy atom. The van der Waals surface area contributed by atoms with E-state index in [1.54, 1.807) is 6.07 Å². The highest BCUT2D eigenvalue weighted by Crippen LogP contribution is 2.29. The van der Waals surface area contributed by atoms with Gasteiger partial charge in [-0.3, -0.25) is 0 Å². The van der Waals surface area contributed by atoms with Gasteiger partial charge in [0.2, 0.25) is 0 Å². The summed E-state index contributed by atoms with van der Waals surface area (Å²) in [5.41, 5.74) is 0.619. The predicted molar refractivity (Wildman–Crippen MR) is 75.1 cm³/mol. The molecule has 0 aliphatic carbocycles. The van der Waals surface area contributed by atoms with Crippen molar-refractivity contribution < 1.29 is 23.8 Å². The zero-order chi connectivity index (χ0) is 15.6. The van der Waals surface area contributed by atoms with E-state index in [9.17, 15) is 14.0 Å². The van der Waals surface area contributed by atoms with Crippen molar-refractivity contribution in [1.82, 2.24) is 0 Å². The molecule has 0 saturated heterocycles. The Bertz CT molecular complexity index is 728. The van der Waals surface area contributed by atoms with E-state index in [2.05, 4.69) is 4.74 Å². The Morgan fingerprint density at radius 1 is 1.14 bits per heavy atom. The summed E-state index contributed by atoms with van der Waals surface area (Å²) < 4.78 is 17.8. The molecule has 2 rings (SSSR count). The van der Waals surface area contributed by atoms with E-state index < -0.39 is 17.8 Å². The molecular weight excluding hydrogens is 299 g/mol. The van der Waals surface area contributed by atoms with Crippen molar-refractivity contribution in [2.24, 2.45) is 0 Å². The average Bonchev–Trinajstić information content (AvgIpc) is 2.47. The van der Waals surface area contributed by atoms with Crippen LogP contribution in [0.25, 0.3) is 11.1 Å². The summed E-state index contributed by atoms with van der Waals surface area (Å²) in [5, 5.41) is 9.33. The van der Waals surface area contributed by atoms with Gasteiger partial charge in [-0.1, -0.05) is 23.7 Å². The quantitative estimate of drug-likeness (QED) is 0.879. The van der Waals surface area contributed by atoms with Crippen molar-refractivity contribution in [3.05, 3.63) is 58.4 Å². The van der Waals surface area contributed by atoms with E-state index in [1.165, 1.54) is 25.3 Å². The fraction of sp³-hybridized carbons (Fsp3) is 0.0667. The third-order valence-corrected chi connectivity index (χ3v) is 3.22. The van der Waals surface area contributed by atoms with Gasteiger partial charge in [0, 0.05) is 0 Å². The number of aromatic carboxylic acids is 1. The van der Waals surface area contributed by atoms with Crippen LogP contribution in [0.15, 0.2) is 36.4 Å². The fourth-order valence-electron chi connectivity index (χ4n) is 1.90. The number of halogens is 2. The van der Waals surface area contributed by atoms with E-state index in [4.69, 9.17) is 16.7 Å². The molecule has 2 aromatic rings. The van der Waals surface area contributed by atoms with Crippen LogP contribution in [-0.4, -0.2) is 24.2 Å². The van der Waals surface area contributed by atoms with Gasteiger partial charge in [-0.05, 0) is 35.4 Å². The minimum absolute atomic E-state index is 0.109. The second-order valence-electron chi connectivity index (χ2n) is 4.18. The smallest absolute Gasteiger partial charge is 0.339 e. The summed E-state index contributed by atoms with van der Waals surface area (Å²) in [7, 11) is 1.21. The minimum atomic E-state index is -1.26. The fourth-order valence-corrected chi connectivity index (χ4v) is 2.10. The van der Waals surface area contributed by atoms with E-state index in [1.807, 2.05) is 0 Å². The molecular formula is C15H10ClFO4. The largest absolute Gasteiger partial charge is 0.478 e. The second-order valence-corrected chi connectivity index (χ2v) is 4.59. The van der Waals surface area contributed by atoms with Gasteiger partial charge in [-0.2, -0.15) is 0 Å². The third kappa shape index (κ3) is 3.03. The Kier molecular flexibility index (Phi) is 4.23. The molecule has 0 saturated carbocycles. The lowest BCUT2D eigenvalue weighted by Gasteiger charge is -2.09. The van der Waals surface area contributed by atoms with Gasteiger partial charge in [-0.15, -0.1) is 0 Å². The molecule has 0 aliphatic heterocycles. The molecule has 0 spiro atoms. The Balaban J connectivity index is 2.63. The average molecular weight is 309 g/mol. The lowest BCUT2D eigenvalue weighted by molar-refractivity contribution is 0.0600. The van der Waals surface area contributed by atoms with E-state index in [0.717, 1.165) is 12.1 Å². The summed E-state index contributed by atoms with van der Waals surface area (Å²) >= 11 is 5.91. The van der Waals surface area contributed by atoms with E-state index in [-0.39, 0.29) is 21.7 Å². The number of rotatable bonds is 3. The first-order valence-corrected chi connectivity index (χ1v) is 6.23. The van der Waals surface area contributed by atoms with Crippen molar-refractivity contribution in [1.29, 1.82) is 0 Å². The van der Waals surface area contributed by atoms with Crippen molar-refractivity contribution in [3.63, 3.8) is 0 Å². The molecule has 0 fully saturated rings. The van der Waals surface area contributed by atoms with Crippen LogP contribution in [0, 0.1) is 5.82 Å². The summed E-state index contributed by atoms with van der Waals surface area (Å²) in [5.74, 6) is -2.56. The topological polar surface area (TPSA) is 63.6 Å². The van der Waals surface area contributed by atoms with Crippen molar-refractivity contribution in [2.45, 2.75) is 0 Å². The van der Waals surface area contributed by atoms with Crippen LogP contribution in [0.1, 0.15) is 20.7 Å². The maximum absolute atomic E-state index is 13.2. The monoisotopic (exact) mass is 308 g/mol. The van der Waals surface area contributed by atoms with E-state index in [0.29, 0.717) is 5.56 Å². The molecule has 4 nitrogen and oxygen atoms in total. The number of ether oxygens (including phenoxy) is 1. The standard InChI is InChI=1S/C15H10ClFO4/c1-21-15(20)12-6-8(2-5-13(12)16)10-4-3-9(17)7-11(10)14(18)19/h2-7H,1H3,(H,18,19). The van der Waals surface area contributed by atoms with Gasteiger partial charge in [-0.25, -0.2) is 14.0 Å². The van der Waals surface area contributed by atoms with Crippen LogP contribution in [-0.2, 0) is 4.74 Å². The molecule has 0 heterocycles. The number of carboxylic acids is 1. The number of methoxy groups -OCH3 is 1. The van der Waals surface area contributed by atoms with Crippen LogP contribution in [0.4, 0.5) is 4.39 Å². The predicted octanol–water partition coefficient (Wildman–Crippen LogP) is 3.63. The Hall–Kier alpha value is -2.40. The minimum Gasteiger partial charge on any atom is -0.478 e. The van der Waals surface area contributed by atoms with Crippen LogP contribution in [0.5, 0.6) is 0 Å². The first kappa shape index (κ1) is 15.0. The van der Waals surface area contributed by atoms with Crippen LogP contribution < -0.4 is 0 Å². The first-order valence-electron chi connectivity index (χ1n) is 5.85. The summed E-state index contributed by atoms with van der Waals surface area (Å²) in [4.78, 5) is 22.8. The van der Waals surface area contributed by atoms with Crippen LogP contribution in [0.2, 0.25) is 5.02 Å². The summed E-state index contributed by atoms with van der Waals surface area (Å²) in [6, 6.07) is 7.82. The normalized spacial score (nSPS) is 10.2. The lowest BCUT2D eigenvalue weighted by Crippen LogP contribution is -2.04. The Morgan fingerprint density at radius 2 is 1.86 bits per heavy atom. The van der Waals surface area contributed by atoms with Crippen molar-refractivity contribution >= 4 is 23.5 Å². The van der Waals surface area contributed by atoms with Gasteiger partial charge in [0.25, 0.3) is 0 Å². The molecule has 0 radical (unpaired) electrons. The highest BCUT2D eigenvalue weighted by atomic mass is 35.5.